The summed E-state index contributed by atoms with van der Waals surface area (Å²) >= 11 is 0. The van der Waals surface area contributed by atoms with E-state index in [0.717, 1.165) is 30.4 Å². The molecule has 252 valence electrons. The standard InChI is InChI=1S/C37H53N3O6/c1-10-25(3)30(39-35(44)46-37(7,8)9)33(42)40(28-20-15-21-28)31(27-19-14-16-24(2)22-27)32(41)38-29(34(43)45-36(4,5)6)23-26-17-12-11-13-18-26/h11-14,16-19,22,25,28-31H,10,15,20-21,23H2,1-9H3,(H,38,41)(H,39,44). The third kappa shape index (κ3) is 10.6. The van der Waals surface area contributed by atoms with Crippen molar-refractivity contribution in [2.24, 2.45) is 5.92 Å². The fourth-order valence-electron chi connectivity index (χ4n) is 5.41. The van der Waals surface area contributed by atoms with Crippen molar-refractivity contribution in [1.29, 1.82) is 0 Å². The van der Waals surface area contributed by atoms with E-state index >= 15 is 0 Å². The molecule has 1 aliphatic rings. The van der Waals surface area contributed by atoms with Gasteiger partial charge in [0.2, 0.25) is 11.8 Å². The number of carbonyl (C=O) groups excluding carboxylic acids is 4. The Hall–Kier alpha value is -3.88. The summed E-state index contributed by atoms with van der Waals surface area (Å²) in [6.07, 6.45) is 2.50. The van der Waals surface area contributed by atoms with E-state index in [1.807, 2.05) is 75.4 Å². The highest BCUT2D eigenvalue weighted by molar-refractivity contribution is 5.94. The molecule has 0 saturated heterocycles. The summed E-state index contributed by atoms with van der Waals surface area (Å²) < 4.78 is 11.3. The quantitative estimate of drug-likeness (QED) is 0.260. The fourth-order valence-corrected chi connectivity index (χ4v) is 5.41. The molecule has 1 saturated carbocycles. The van der Waals surface area contributed by atoms with Crippen molar-refractivity contribution in [3.63, 3.8) is 0 Å². The lowest BCUT2D eigenvalue weighted by Gasteiger charge is -2.44. The van der Waals surface area contributed by atoms with Crippen LogP contribution in [0.3, 0.4) is 0 Å². The molecule has 2 aromatic carbocycles. The minimum Gasteiger partial charge on any atom is -0.458 e. The average molecular weight is 636 g/mol. The van der Waals surface area contributed by atoms with Crippen LogP contribution >= 0.6 is 0 Å². The number of esters is 1. The van der Waals surface area contributed by atoms with Crippen LogP contribution in [-0.2, 0) is 30.3 Å². The number of nitrogens with one attached hydrogen (secondary N) is 2. The van der Waals surface area contributed by atoms with Crippen molar-refractivity contribution < 1.29 is 28.7 Å². The molecule has 46 heavy (non-hydrogen) atoms. The van der Waals surface area contributed by atoms with E-state index in [0.29, 0.717) is 12.0 Å². The second-order valence-corrected chi connectivity index (χ2v) is 14.4. The minimum absolute atomic E-state index is 0.217. The van der Waals surface area contributed by atoms with Crippen LogP contribution in [-0.4, -0.2) is 58.1 Å². The Bertz CT molecular complexity index is 1340. The molecular formula is C37H53N3O6. The maximum absolute atomic E-state index is 14.7. The molecule has 4 atom stereocenters. The van der Waals surface area contributed by atoms with Gasteiger partial charge in [-0.15, -0.1) is 0 Å². The van der Waals surface area contributed by atoms with Gasteiger partial charge in [-0.05, 0) is 84.8 Å². The molecule has 3 rings (SSSR count). The van der Waals surface area contributed by atoms with Gasteiger partial charge < -0.3 is 25.0 Å². The van der Waals surface area contributed by atoms with E-state index in [4.69, 9.17) is 9.47 Å². The Labute approximate surface area is 274 Å². The predicted molar refractivity (Wildman–Crippen MR) is 179 cm³/mol. The number of ether oxygens (including phenoxy) is 2. The molecule has 0 radical (unpaired) electrons. The zero-order valence-electron chi connectivity index (χ0n) is 29.0. The maximum Gasteiger partial charge on any atom is 0.408 e. The van der Waals surface area contributed by atoms with Gasteiger partial charge in [0.15, 0.2) is 0 Å². The summed E-state index contributed by atoms with van der Waals surface area (Å²) in [6.45, 7) is 16.4. The van der Waals surface area contributed by atoms with Crippen LogP contribution in [0.5, 0.6) is 0 Å². The van der Waals surface area contributed by atoms with Crippen LogP contribution in [0.4, 0.5) is 4.79 Å². The number of benzene rings is 2. The van der Waals surface area contributed by atoms with E-state index in [-0.39, 0.29) is 24.3 Å². The largest absolute Gasteiger partial charge is 0.458 e. The van der Waals surface area contributed by atoms with Gasteiger partial charge in [-0.3, -0.25) is 9.59 Å². The molecular weight excluding hydrogens is 582 g/mol. The van der Waals surface area contributed by atoms with Crippen LogP contribution in [0.1, 0.15) is 104 Å². The van der Waals surface area contributed by atoms with Gasteiger partial charge in [-0.25, -0.2) is 9.59 Å². The van der Waals surface area contributed by atoms with Gasteiger partial charge in [0.25, 0.3) is 0 Å². The topological polar surface area (TPSA) is 114 Å². The summed E-state index contributed by atoms with van der Waals surface area (Å²) in [5.74, 6) is -1.64. The van der Waals surface area contributed by atoms with Crippen LogP contribution in [0.2, 0.25) is 0 Å². The smallest absolute Gasteiger partial charge is 0.408 e. The van der Waals surface area contributed by atoms with Gasteiger partial charge in [0.1, 0.15) is 29.3 Å². The lowest BCUT2D eigenvalue weighted by Crippen LogP contribution is -2.60. The van der Waals surface area contributed by atoms with Crippen LogP contribution in [0.25, 0.3) is 0 Å². The second kappa shape index (κ2) is 15.6. The summed E-state index contributed by atoms with van der Waals surface area (Å²) in [5, 5.41) is 5.80. The molecule has 3 amide bonds. The van der Waals surface area contributed by atoms with Crippen molar-refractivity contribution in [3.05, 3.63) is 71.3 Å². The number of hydrogen-bond donors (Lipinski definition) is 2. The summed E-state index contributed by atoms with van der Waals surface area (Å²) in [4.78, 5) is 57.3. The third-order valence-electron chi connectivity index (χ3n) is 8.05. The molecule has 0 heterocycles. The van der Waals surface area contributed by atoms with Crippen molar-refractivity contribution >= 4 is 23.9 Å². The number of rotatable bonds is 12. The Morgan fingerprint density at radius 2 is 1.52 bits per heavy atom. The Morgan fingerprint density at radius 3 is 2.04 bits per heavy atom. The maximum atomic E-state index is 14.7. The second-order valence-electron chi connectivity index (χ2n) is 14.4. The van der Waals surface area contributed by atoms with E-state index < -0.39 is 47.3 Å². The first kappa shape index (κ1) is 36.6. The molecule has 9 heteroatoms. The van der Waals surface area contributed by atoms with E-state index in [2.05, 4.69) is 10.6 Å². The highest BCUT2D eigenvalue weighted by atomic mass is 16.6. The number of hydrogen-bond acceptors (Lipinski definition) is 6. The van der Waals surface area contributed by atoms with Crippen molar-refractivity contribution in [3.8, 4) is 0 Å². The van der Waals surface area contributed by atoms with Crippen LogP contribution in [0, 0.1) is 12.8 Å². The lowest BCUT2D eigenvalue weighted by molar-refractivity contribution is -0.159. The number of carbonyl (C=O) groups is 4. The van der Waals surface area contributed by atoms with Crippen molar-refractivity contribution in [2.45, 2.75) is 130 Å². The first-order valence-corrected chi connectivity index (χ1v) is 16.4. The molecule has 1 aliphatic carbocycles. The zero-order chi connectivity index (χ0) is 34.2. The SMILES string of the molecule is CCC(C)C(NC(=O)OC(C)(C)C)C(=O)N(C1CCC1)C(C(=O)NC(Cc1ccccc1)C(=O)OC(C)(C)C)c1cccc(C)c1. The predicted octanol–water partition coefficient (Wildman–Crippen LogP) is 6.43. The Morgan fingerprint density at radius 1 is 0.891 bits per heavy atom. The highest BCUT2D eigenvalue weighted by Gasteiger charge is 2.44. The normalized spacial score (nSPS) is 16.2. The first-order valence-electron chi connectivity index (χ1n) is 16.4. The summed E-state index contributed by atoms with van der Waals surface area (Å²) in [5.41, 5.74) is 0.892. The monoisotopic (exact) mass is 635 g/mol. The minimum atomic E-state index is -1.05. The van der Waals surface area contributed by atoms with E-state index in [1.165, 1.54) is 0 Å². The summed E-state index contributed by atoms with van der Waals surface area (Å²) in [6, 6.07) is 13.7. The molecule has 9 nitrogen and oxygen atoms in total. The van der Waals surface area contributed by atoms with E-state index in [9.17, 15) is 19.2 Å². The lowest BCUT2D eigenvalue weighted by atomic mass is 9.86. The number of alkyl carbamates (subject to hydrolysis) is 1. The van der Waals surface area contributed by atoms with Crippen molar-refractivity contribution in [2.75, 3.05) is 0 Å². The zero-order valence-corrected chi connectivity index (χ0v) is 29.0. The molecule has 1 fully saturated rings. The number of amides is 3. The molecule has 0 spiro atoms. The van der Waals surface area contributed by atoms with Gasteiger partial charge in [-0.1, -0.05) is 80.4 Å². The fraction of sp³-hybridized carbons (Fsp3) is 0.568. The molecule has 0 aliphatic heterocycles. The highest BCUT2D eigenvalue weighted by Crippen LogP contribution is 2.35. The van der Waals surface area contributed by atoms with Crippen LogP contribution in [0.15, 0.2) is 54.6 Å². The van der Waals surface area contributed by atoms with Gasteiger partial charge in [-0.2, -0.15) is 0 Å². The van der Waals surface area contributed by atoms with Gasteiger partial charge >= 0.3 is 12.1 Å². The van der Waals surface area contributed by atoms with Gasteiger partial charge in [0.05, 0.1) is 0 Å². The van der Waals surface area contributed by atoms with Crippen LogP contribution < -0.4 is 10.6 Å². The molecule has 0 bridgehead atoms. The third-order valence-corrected chi connectivity index (χ3v) is 8.05. The number of nitrogens with zero attached hydrogens (tertiary/aromatic N) is 1. The Balaban J connectivity index is 2.07. The number of aryl methyl sites for hydroxylation is 1. The molecule has 0 aromatic heterocycles. The molecule has 2 aromatic rings. The van der Waals surface area contributed by atoms with E-state index in [1.54, 1.807) is 46.4 Å². The van der Waals surface area contributed by atoms with Crippen molar-refractivity contribution in [1.82, 2.24) is 15.5 Å². The molecule has 2 N–H and O–H groups in total. The Kier molecular flexibility index (Phi) is 12.4. The van der Waals surface area contributed by atoms with Gasteiger partial charge in [0, 0.05) is 12.5 Å². The molecule has 4 unspecified atom stereocenters. The summed E-state index contributed by atoms with van der Waals surface area (Å²) in [7, 11) is 0. The first-order chi connectivity index (χ1) is 21.5. The average Bonchev–Trinajstić information content (AvgIpc) is 2.92.